The van der Waals surface area contributed by atoms with Crippen molar-refractivity contribution in [2.45, 2.75) is 32.4 Å². The Hall–Kier alpha value is -1.26. The summed E-state index contributed by atoms with van der Waals surface area (Å²) >= 11 is 0. The summed E-state index contributed by atoms with van der Waals surface area (Å²) in [5.41, 5.74) is -0.566. The maximum absolute atomic E-state index is 12.7. The fraction of sp³-hybridized carbons (Fsp3) is 0.583. The molecule has 94 valence electrons. The van der Waals surface area contributed by atoms with Crippen molar-refractivity contribution in [1.82, 2.24) is 4.98 Å². The Morgan fingerprint density at radius 1 is 1.41 bits per heavy atom. The standard InChI is InChI=1S/C12H15F3N2/c1-11(5-3-6-11)8-17-10-9(12(13,14)15)4-2-7-16-10/h2,4,7H,3,5-6,8H2,1H3,(H,16,17). The molecule has 1 aromatic heterocycles. The fourth-order valence-electron chi connectivity index (χ4n) is 2.03. The molecular formula is C12H15F3N2. The predicted octanol–water partition coefficient (Wildman–Crippen LogP) is 3.70. The lowest BCUT2D eigenvalue weighted by atomic mass is 9.70. The zero-order valence-electron chi connectivity index (χ0n) is 9.64. The minimum atomic E-state index is -4.35. The number of anilines is 1. The van der Waals surface area contributed by atoms with E-state index in [1.54, 1.807) is 0 Å². The lowest BCUT2D eigenvalue weighted by Crippen LogP contribution is -2.34. The number of hydrogen-bond acceptors (Lipinski definition) is 2. The third-order valence-corrected chi connectivity index (χ3v) is 3.36. The van der Waals surface area contributed by atoms with E-state index in [0.717, 1.165) is 25.3 Å². The summed E-state index contributed by atoms with van der Waals surface area (Å²) in [6.45, 7) is 2.63. The van der Waals surface area contributed by atoms with Crippen molar-refractivity contribution < 1.29 is 13.2 Å². The fourth-order valence-corrected chi connectivity index (χ4v) is 2.03. The first kappa shape index (κ1) is 12.2. The van der Waals surface area contributed by atoms with Crippen LogP contribution in [0.4, 0.5) is 19.0 Å². The number of pyridine rings is 1. The number of hydrogen-bond donors (Lipinski definition) is 1. The molecule has 17 heavy (non-hydrogen) atoms. The van der Waals surface area contributed by atoms with Crippen LogP contribution in [0, 0.1) is 5.41 Å². The molecule has 1 aliphatic rings. The van der Waals surface area contributed by atoms with Gasteiger partial charge < -0.3 is 5.32 Å². The second kappa shape index (κ2) is 4.20. The van der Waals surface area contributed by atoms with Crippen LogP contribution in [0.25, 0.3) is 0 Å². The highest BCUT2D eigenvalue weighted by Gasteiger charge is 2.36. The summed E-state index contributed by atoms with van der Waals surface area (Å²) < 4.78 is 38.1. The van der Waals surface area contributed by atoms with E-state index in [4.69, 9.17) is 0 Å². The predicted molar refractivity (Wildman–Crippen MR) is 59.7 cm³/mol. The first-order chi connectivity index (χ1) is 7.91. The molecule has 0 bridgehead atoms. The molecular weight excluding hydrogens is 229 g/mol. The zero-order valence-corrected chi connectivity index (χ0v) is 9.64. The second-order valence-corrected chi connectivity index (χ2v) is 4.92. The SMILES string of the molecule is CC1(CNc2ncccc2C(F)(F)F)CCC1. The average Bonchev–Trinajstić information content (AvgIpc) is 2.23. The van der Waals surface area contributed by atoms with Gasteiger partial charge in [-0.05, 0) is 30.4 Å². The molecule has 0 saturated heterocycles. The van der Waals surface area contributed by atoms with Gasteiger partial charge in [-0.15, -0.1) is 0 Å². The summed E-state index contributed by atoms with van der Waals surface area (Å²) in [7, 11) is 0. The van der Waals surface area contributed by atoms with Crippen molar-refractivity contribution in [2.75, 3.05) is 11.9 Å². The number of nitrogens with zero attached hydrogens (tertiary/aromatic N) is 1. The van der Waals surface area contributed by atoms with Crippen LogP contribution in [0.1, 0.15) is 31.7 Å². The maximum Gasteiger partial charge on any atom is 0.419 e. The number of alkyl halides is 3. The molecule has 1 saturated carbocycles. The molecule has 1 heterocycles. The van der Waals surface area contributed by atoms with Crippen LogP contribution in [0.3, 0.4) is 0 Å². The van der Waals surface area contributed by atoms with Gasteiger partial charge in [-0.25, -0.2) is 4.98 Å². The molecule has 1 aliphatic carbocycles. The smallest absolute Gasteiger partial charge is 0.369 e. The third kappa shape index (κ3) is 2.70. The molecule has 1 N–H and O–H groups in total. The molecule has 0 aliphatic heterocycles. The lowest BCUT2D eigenvalue weighted by molar-refractivity contribution is -0.137. The molecule has 0 aromatic carbocycles. The Balaban J connectivity index is 2.10. The van der Waals surface area contributed by atoms with Crippen molar-refractivity contribution in [3.63, 3.8) is 0 Å². The molecule has 5 heteroatoms. The normalized spacial score (nSPS) is 18.6. The van der Waals surface area contributed by atoms with E-state index in [0.29, 0.717) is 6.54 Å². The van der Waals surface area contributed by atoms with Gasteiger partial charge in [-0.1, -0.05) is 13.3 Å². The molecule has 0 amide bonds. The highest BCUT2D eigenvalue weighted by atomic mass is 19.4. The van der Waals surface area contributed by atoms with Crippen LogP contribution in [-0.4, -0.2) is 11.5 Å². The van der Waals surface area contributed by atoms with Crippen molar-refractivity contribution in [1.29, 1.82) is 0 Å². The van der Waals surface area contributed by atoms with Crippen LogP contribution >= 0.6 is 0 Å². The molecule has 1 aromatic rings. The summed E-state index contributed by atoms with van der Waals surface area (Å²) in [5, 5.41) is 2.83. The van der Waals surface area contributed by atoms with Gasteiger partial charge in [0.1, 0.15) is 5.82 Å². The largest absolute Gasteiger partial charge is 0.419 e. The molecule has 1 fully saturated rings. The van der Waals surface area contributed by atoms with Gasteiger partial charge in [-0.3, -0.25) is 0 Å². The van der Waals surface area contributed by atoms with Crippen LogP contribution in [0.5, 0.6) is 0 Å². The first-order valence-electron chi connectivity index (χ1n) is 5.67. The van der Waals surface area contributed by atoms with Crippen LogP contribution in [-0.2, 0) is 6.18 Å². The average molecular weight is 244 g/mol. The third-order valence-electron chi connectivity index (χ3n) is 3.36. The van der Waals surface area contributed by atoms with E-state index in [2.05, 4.69) is 17.2 Å². The monoisotopic (exact) mass is 244 g/mol. The van der Waals surface area contributed by atoms with Crippen molar-refractivity contribution in [3.8, 4) is 0 Å². The van der Waals surface area contributed by atoms with Gasteiger partial charge >= 0.3 is 6.18 Å². The Kier molecular flexibility index (Phi) is 3.02. The number of halogens is 3. The quantitative estimate of drug-likeness (QED) is 0.876. The Bertz CT molecular complexity index is 397. The number of rotatable bonds is 3. The Morgan fingerprint density at radius 2 is 2.12 bits per heavy atom. The lowest BCUT2D eigenvalue weighted by Gasteiger charge is -2.38. The van der Waals surface area contributed by atoms with Crippen molar-refractivity contribution in [3.05, 3.63) is 23.9 Å². The zero-order chi connectivity index (χ0) is 12.5. The van der Waals surface area contributed by atoms with E-state index in [1.807, 2.05) is 0 Å². The second-order valence-electron chi connectivity index (χ2n) is 4.92. The summed E-state index contributed by atoms with van der Waals surface area (Å²) in [4.78, 5) is 3.78. The maximum atomic E-state index is 12.7. The van der Waals surface area contributed by atoms with Crippen molar-refractivity contribution in [2.24, 2.45) is 5.41 Å². The van der Waals surface area contributed by atoms with E-state index in [-0.39, 0.29) is 11.2 Å². The van der Waals surface area contributed by atoms with E-state index in [9.17, 15) is 13.2 Å². The van der Waals surface area contributed by atoms with Crippen LogP contribution in [0.15, 0.2) is 18.3 Å². The van der Waals surface area contributed by atoms with Crippen LogP contribution < -0.4 is 5.32 Å². The molecule has 0 atom stereocenters. The van der Waals surface area contributed by atoms with Gasteiger partial charge in [0.15, 0.2) is 0 Å². The molecule has 2 rings (SSSR count). The van der Waals surface area contributed by atoms with Gasteiger partial charge in [-0.2, -0.15) is 13.2 Å². The van der Waals surface area contributed by atoms with Crippen molar-refractivity contribution >= 4 is 5.82 Å². The molecule has 0 radical (unpaired) electrons. The van der Waals surface area contributed by atoms with Crippen LogP contribution in [0.2, 0.25) is 0 Å². The molecule has 0 unspecified atom stereocenters. The summed E-state index contributed by atoms with van der Waals surface area (Å²) in [5.74, 6) is -0.0619. The van der Waals surface area contributed by atoms with E-state index in [1.165, 1.54) is 12.3 Å². The van der Waals surface area contributed by atoms with Gasteiger partial charge in [0.2, 0.25) is 0 Å². The topological polar surface area (TPSA) is 24.9 Å². The van der Waals surface area contributed by atoms with E-state index >= 15 is 0 Å². The van der Waals surface area contributed by atoms with Gasteiger partial charge in [0, 0.05) is 12.7 Å². The highest BCUT2D eigenvalue weighted by molar-refractivity contribution is 5.45. The van der Waals surface area contributed by atoms with E-state index < -0.39 is 11.7 Å². The van der Waals surface area contributed by atoms with Gasteiger partial charge in [0.05, 0.1) is 5.56 Å². The minimum Gasteiger partial charge on any atom is -0.369 e. The first-order valence-corrected chi connectivity index (χ1v) is 5.67. The molecule has 0 spiro atoms. The van der Waals surface area contributed by atoms with Gasteiger partial charge in [0.25, 0.3) is 0 Å². The number of nitrogens with one attached hydrogen (secondary N) is 1. The Labute approximate surface area is 98.2 Å². The number of aromatic nitrogens is 1. The summed E-state index contributed by atoms with van der Waals surface area (Å²) in [6, 6.07) is 2.36. The molecule has 2 nitrogen and oxygen atoms in total. The minimum absolute atomic E-state index is 0.0619. The highest BCUT2D eigenvalue weighted by Crippen LogP contribution is 2.41. The summed E-state index contributed by atoms with van der Waals surface area (Å²) in [6.07, 6.45) is 0.312. The Morgan fingerprint density at radius 3 is 2.65 bits per heavy atom.